The fraction of sp³-hybridized carbons (Fsp3) is 0.692. The lowest BCUT2D eigenvalue weighted by atomic mass is 9.72. The first kappa shape index (κ1) is 9.05. The third-order valence-corrected chi connectivity index (χ3v) is 3.45. The topological polar surface area (TPSA) is 0 Å². The van der Waals surface area contributed by atoms with Gasteiger partial charge in [-0.15, -0.1) is 0 Å². The Bertz CT molecular complexity index is 232. The molecule has 0 saturated heterocycles. The van der Waals surface area contributed by atoms with Gasteiger partial charge in [0.05, 0.1) is 0 Å². The van der Waals surface area contributed by atoms with Crippen molar-refractivity contribution in [2.45, 2.75) is 51.9 Å². The van der Waals surface area contributed by atoms with Crippen molar-refractivity contribution in [3.63, 3.8) is 0 Å². The van der Waals surface area contributed by atoms with E-state index in [0.717, 1.165) is 5.92 Å². The SMILES string of the molecule is CCCCCC1=CC=C2CCC2C1. The van der Waals surface area contributed by atoms with Gasteiger partial charge in [-0.25, -0.2) is 0 Å². The number of hydrogen-bond donors (Lipinski definition) is 0. The molecule has 1 atom stereocenters. The third-order valence-electron chi connectivity index (χ3n) is 3.45. The minimum atomic E-state index is 0.960. The molecule has 0 nitrogen and oxygen atoms in total. The summed E-state index contributed by atoms with van der Waals surface area (Å²) >= 11 is 0. The van der Waals surface area contributed by atoms with Crippen LogP contribution in [0.1, 0.15) is 51.9 Å². The molecule has 0 amide bonds. The van der Waals surface area contributed by atoms with Gasteiger partial charge in [-0.2, -0.15) is 0 Å². The largest absolute Gasteiger partial charge is 0.0696 e. The van der Waals surface area contributed by atoms with Gasteiger partial charge < -0.3 is 0 Å². The highest BCUT2D eigenvalue weighted by atomic mass is 14.3. The zero-order valence-corrected chi connectivity index (χ0v) is 8.68. The first-order valence-corrected chi connectivity index (χ1v) is 5.78. The first-order valence-electron chi connectivity index (χ1n) is 5.78. The van der Waals surface area contributed by atoms with E-state index in [4.69, 9.17) is 0 Å². The number of hydrogen-bond acceptors (Lipinski definition) is 0. The van der Waals surface area contributed by atoms with Gasteiger partial charge in [-0.1, -0.05) is 43.1 Å². The molecule has 2 rings (SSSR count). The lowest BCUT2D eigenvalue weighted by Gasteiger charge is -2.33. The second-order valence-electron chi connectivity index (χ2n) is 4.46. The molecule has 0 heterocycles. The van der Waals surface area contributed by atoms with Crippen LogP contribution in [0.3, 0.4) is 0 Å². The van der Waals surface area contributed by atoms with E-state index in [9.17, 15) is 0 Å². The van der Waals surface area contributed by atoms with Crippen LogP contribution in [-0.2, 0) is 0 Å². The molecular formula is C13H20. The maximum absolute atomic E-state index is 2.39. The van der Waals surface area contributed by atoms with Gasteiger partial charge in [0.1, 0.15) is 0 Å². The predicted octanol–water partition coefficient (Wildman–Crippen LogP) is 4.23. The number of allylic oxidation sites excluding steroid dienone is 4. The van der Waals surface area contributed by atoms with E-state index in [1.54, 1.807) is 11.1 Å². The lowest BCUT2D eigenvalue weighted by Crippen LogP contribution is -2.18. The van der Waals surface area contributed by atoms with Crippen molar-refractivity contribution >= 4 is 0 Å². The van der Waals surface area contributed by atoms with Gasteiger partial charge in [0, 0.05) is 0 Å². The summed E-state index contributed by atoms with van der Waals surface area (Å²) in [4.78, 5) is 0. The molecule has 13 heavy (non-hydrogen) atoms. The molecule has 1 saturated carbocycles. The fourth-order valence-electron chi connectivity index (χ4n) is 2.36. The molecule has 0 spiro atoms. The van der Waals surface area contributed by atoms with Crippen LogP contribution in [0.2, 0.25) is 0 Å². The fourth-order valence-corrected chi connectivity index (χ4v) is 2.36. The standard InChI is InChI=1S/C13H20/c1-2-3-4-5-11-6-7-12-8-9-13(12)10-11/h6-7,13H,2-5,8-10H2,1H3. The van der Waals surface area contributed by atoms with Crippen LogP contribution < -0.4 is 0 Å². The number of rotatable bonds is 4. The molecule has 0 bridgehead atoms. The van der Waals surface area contributed by atoms with E-state index in [0.29, 0.717) is 0 Å². The molecule has 2 aliphatic carbocycles. The molecule has 0 aromatic carbocycles. The van der Waals surface area contributed by atoms with Gasteiger partial charge in [0.2, 0.25) is 0 Å². The molecule has 0 aromatic rings. The molecule has 0 aromatic heterocycles. The van der Waals surface area contributed by atoms with Crippen LogP contribution in [0.15, 0.2) is 23.3 Å². The summed E-state index contributed by atoms with van der Waals surface area (Å²) < 4.78 is 0. The molecule has 0 radical (unpaired) electrons. The maximum Gasteiger partial charge on any atom is -0.0160 e. The second kappa shape index (κ2) is 4.13. The highest BCUT2D eigenvalue weighted by molar-refractivity contribution is 5.30. The first-order chi connectivity index (χ1) is 6.40. The van der Waals surface area contributed by atoms with Gasteiger partial charge in [-0.05, 0) is 38.0 Å². The normalized spacial score (nSPS) is 25.8. The van der Waals surface area contributed by atoms with E-state index in [2.05, 4.69) is 19.1 Å². The Morgan fingerprint density at radius 3 is 2.85 bits per heavy atom. The smallest absolute Gasteiger partial charge is 0.0160 e. The summed E-state index contributed by atoms with van der Waals surface area (Å²) in [6.07, 6.45) is 14.5. The Morgan fingerprint density at radius 2 is 2.23 bits per heavy atom. The highest BCUT2D eigenvalue weighted by Crippen LogP contribution is 2.41. The molecule has 2 aliphatic rings. The van der Waals surface area contributed by atoms with Crippen LogP contribution in [0, 0.1) is 5.92 Å². The molecule has 72 valence electrons. The zero-order chi connectivity index (χ0) is 9.10. The van der Waals surface area contributed by atoms with E-state index >= 15 is 0 Å². The molecule has 0 aliphatic heterocycles. The van der Waals surface area contributed by atoms with Crippen molar-refractivity contribution in [2.75, 3.05) is 0 Å². The van der Waals surface area contributed by atoms with Crippen molar-refractivity contribution in [3.05, 3.63) is 23.3 Å². The number of fused-ring (bicyclic) bond motifs is 1. The summed E-state index contributed by atoms with van der Waals surface area (Å²) in [5, 5.41) is 0. The average Bonchev–Trinajstić information content (AvgIpc) is 2.10. The van der Waals surface area contributed by atoms with Crippen LogP contribution in [0.4, 0.5) is 0 Å². The summed E-state index contributed by atoms with van der Waals surface area (Å²) in [6.45, 7) is 2.28. The lowest BCUT2D eigenvalue weighted by molar-refractivity contribution is 0.427. The van der Waals surface area contributed by atoms with Crippen molar-refractivity contribution < 1.29 is 0 Å². The summed E-state index contributed by atoms with van der Waals surface area (Å²) in [5.41, 5.74) is 3.43. The predicted molar refractivity (Wildman–Crippen MR) is 57.6 cm³/mol. The second-order valence-corrected chi connectivity index (χ2v) is 4.46. The van der Waals surface area contributed by atoms with Crippen molar-refractivity contribution in [3.8, 4) is 0 Å². The minimum Gasteiger partial charge on any atom is -0.0696 e. The summed E-state index contributed by atoms with van der Waals surface area (Å²) in [6, 6.07) is 0. The van der Waals surface area contributed by atoms with Crippen LogP contribution in [0.5, 0.6) is 0 Å². The molecule has 1 unspecified atom stereocenters. The molecule has 1 fully saturated rings. The Kier molecular flexibility index (Phi) is 2.87. The Balaban J connectivity index is 1.80. The van der Waals surface area contributed by atoms with Gasteiger partial charge in [-0.3, -0.25) is 0 Å². The molecule has 0 N–H and O–H groups in total. The minimum absolute atomic E-state index is 0.960. The van der Waals surface area contributed by atoms with Crippen molar-refractivity contribution in [2.24, 2.45) is 5.92 Å². The third kappa shape index (κ3) is 2.04. The van der Waals surface area contributed by atoms with E-state index in [1.165, 1.54) is 44.9 Å². The average molecular weight is 176 g/mol. The van der Waals surface area contributed by atoms with Crippen LogP contribution in [0.25, 0.3) is 0 Å². The summed E-state index contributed by atoms with van der Waals surface area (Å²) in [5.74, 6) is 0.960. The Labute approximate surface area is 81.7 Å². The monoisotopic (exact) mass is 176 g/mol. The van der Waals surface area contributed by atoms with Gasteiger partial charge in [0.25, 0.3) is 0 Å². The van der Waals surface area contributed by atoms with E-state index in [1.807, 2.05) is 0 Å². The summed E-state index contributed by atoms with van der Waals surface area (Å²) in [7, 11) is 0. The van der Waals surface area contributed by atoms with Crippen LogP contribution >= 0.6 is 0 Å². The van der Waals surface area contributed by atoms with E-state index < -0.39 is 0 Å². The maximum atomic E-state index is 2.39. The quantitative estimate of drug-likeness (QED) is 0.562. The molecular weight excluding hydrogens is 156 g/mol. The van der Waals surface area contributed by atoms with Gasteiger partial charge >= 0.3 is 0 Å². The van der Waals surface area contributed by atoms with Gasteiger partial charge in [0.15, 0.2) is 0 Å². The van der Waals surface area contributed by atoms with Crippen LogP contribution in [-0.4, -0.2) is 0 Å². The zero-order valence-electron chi connectivity index (χ0n) is 8.68. The molecule has 0 heteroatoms. The van der Waals surface area contributed by atoms with E-state index in [-0.39, 0.29) is 0 Å². The van der Waals surface area contributed by atoms with Crippen molar-refractivity contribution in [1.29, 1.82) is 0 Å². The van der Waals surface area contributed by atoms with Crippen molar-refractivity contribution in [1.82, 2.24) is 0 Å². The Morgan fingerprint density at radius 1 is 1.31 bits per heavy atom. The Hall–Kier alpha value is -0.520. The number of unbranched alkanes of at least 4 members (excludes halogenated alkanes) is 2. The highest BCUT2D eigenvalue weighted by Gasteiger charge is 2.26.